The van der Waals surface area contributed by atoms with Gasteiger partial charge in [0, 0.05) is 45.8 Å². The van der Waals surface area contributed by atoms with Crippen molar-refractivity contribution in [2.24, 2.45) is 0 Å². The smallest absolute Gasteiger partial charge is 0.416 e. The van der Waals surface area contributed by atoms with E-state index in [4.69, 9.17) is 9.47 Å². The Morgan fingerprint density at radius 2 is 1.42 bits per heavy atom. The second kappa shape index (κ2) is 12.9. The molecule has 2 aliphatic heterocycles. The van der Waals surface area contributed by atoms with E-state index in [0.717, 1.165) is 55.9 Å². The summed E-state index contributed by atoms with van der Waals surface area (Å²) >= 11 is 0. The number of alkyl halides is 3. The molecule has 0 unspecified atom stereocenters. The van der Waals surface area contributed by atoms with Crippen molar-refractivity contribution in [3.63, 3.8) is 0 Å². The van der Waals surface area contributed by atoms with Crippen LogP contribution in [-0.2, 0) is 30.5 Å². The van der Waals surface area contributed by atoms with Crippen LogP contribution in [0.2, 0.25) is 0 Å². The van der Waals surface area contributed by atoms with Gasteiger partial charge < -0.3 is 14.4 Å². The molecule has 2 aromatic carbocycles. The summed E-state index contributed by atoms with van der Waals surface area (Å²) < 4.78 is 49.0. The molecule has 0 spiro atoms. The minimum absolute atomic E-state index is 0. The maximum absolute atomic E-state index is 13.0. The Balaban J connectivity index is 0.00000228. The fraction of sp³-hybridized carbons (Fsp3) is 0.480. The van der Waals surface area contributed by atoms with Gasteiger partial charge in [0.05, 0.1) is 26.3 Å². The molecule has 2 aromatic rings. The maximum Gasteiger partial charge on any atom is 0.416 e. The minimum atomic E-state index is -4.31. The first-order valence-corrected chi connectivity index (χ1v) is 11.4. The van der Waals surface area contributed by atoms with Crippen LogP contribution >= 0.6 is 24.8 Å². The number of benzene rings is 2. The van der Waals surface area contributed by atoms with Crippen molar-refractivity contribution in [2.45, 2.75) is 25.7 Å². The van der Waals surface area contributed by atoms with E-state index in [1.807, 2.05) is 17.0 Å². The SMILES string of the molecule is COc1cc2c(cc1OC)CN(C(=O)CN1CCN(Cc3ccc(C(F)(F)F)cc3)CC1)CC2.Cl.Cl. The van der Waals surface area contributed by atoms with Gasteiger partial charge in [-0.15, -0.1) is 24.8 Å². The monoisotopic (exact) mass is 549 g/mol. The summed E-state index contributed by atoms with van der Waals surface area (Å²) in [5, 5.41) is 0. The topological polar surface area (TPSA) is 45.3 Å². The van der Waals surface area contributed by atoms with E-state index in [2.05, 4.69) is 9.80 Å². The number of carbonyl (C=O) groups is 1. The molecule has 1 fully saturated rings. The number of rotatable bonds is 6. The number of piperazine rings is 1. The molecule has 0 aromatic heterocycles. The number of ether oxygens (including phenoxy) is 2. The van der Waals surface area contributed by atoms with Gasteiger partial charge in [-0.3, -0.25) is 14.6 Å². The molecule has 36 heavy (non-hydrogen) atoms. The fourth-order valence-electron chi connectivity index (χ4n) is 4.55. The van der Waals surface area contributed by atoms with Gasteiger partial charge in [-0.05, 0) is 47.4 Å². The van der Waals surface area contributed by atoms with Crippen LogP contribution in [0.25, 0.3) is 0 Å². The third kappa shape index (κ3) is 7.18. The second-order valence-electron chi connectivity index (χ2n) is 8.79. The van der Waals surface area contributed by atoms with Crippen molar-refractivity contribution in [2.75, 3.05) is 53.5 Å². The van der Waals surface area contributed by atoms with Gasteiger partial charge in [-0.2, -0.15) is 13.2 Å². The highest BCUT2D eigenvalue weighted by Gasteiger charge is 2.30. The Kier molecular flexibility index (Phi) is 10.7. The molecule has 0 atom stereocenters. The molecule has 0 bridgehead atoms. The number of carbonyl (C=O) groups excluding carboxylic acids is 1. The third-order valence-corrected chi connectivity index (χ3v) is 6.58. The van der Waals surface area contributed by atoms with E-state index in [1.165, 1.54) is 17.7 Å². The molecule has 6 nitrogen and oxygen atoms in total. The molecule has 0 aliphatic carbocycles. The summed E-state index contributed by atoms with van der Waals surface area (Å²) in [7, 11) is 3.22. The first-order valence-electron chi connectivity index (χ1n) is 11.4. The summed E-state index contributed by atoms with van der Waals surface area (Å²) in [5.74, 6) is 1.48. The van der Waals surface area contributed by atoms with E-state index in [-0.39, 0.29) is 30.7 Å². The molecular formula is C25H32Cl2F3N3O3. The number of methoxy groups -OCH3 is 2. The zero-order valence-electron chi connectivity index (χ0n) is 20.3. The maximum atomic E-state index is 13.0. The van der Waals surface area contributed by atoms with Crippen molar-refractivity contribution >= 4 is 30.7 Å². The lowest BCUT2D eigenvalue weighted by atomic mass is 9.98. The molecule has 2 heterocycles. The molecule has 11 heteroatoms. The van der Waals surface area contributed by atoms with Gasteiger partial charge >= 0.3 is 6.18 Å². The van der Waals surface area contributed by atoms with Gasteiger partial charge in [0.2, 0.25) is 5.91 Å². The number of nitrogens with zero attached hydrogens (tertiary/aromatic N) is 3. The predicted molar refractivity (Wildman–Crippen MR) is 136 cm³/mol. The summed E-state index contributed by atoms with van der Waals surface area (Å²) in [5.41, 5.74) is 2.49. The average Bonchev–Trinajstić information content (AvgIpc) is 2.83. The second-order valence-corrected chi connectivity index (χ2v) is 8.79. The molecule has 1 amide bonds. The van der Waals surface area contributed by atoms with Gasteiger partial charge in [-0.25, -0.2) is 0 Å². The normalized spacial score (nSPS) is 16.4. The van der Waals surface area contributed by atoms with Crippen molar-refractivity contribution < 1.29 is 27.4 Å². The Morgan fingerprint density at radius 3 is 1.97 bits per heavy atom. The number of fused-ring (bicyclic) bond motifs is 1. The van der Waals surface area contributed by atoms with Gasteiger partial charge in [-0.1, -0.05) is 12.1 Å². The van der Waals surface area contributed by atoms with E-state index >= 15 is 0 Å². The van der Waals surface area contributed by atoms with Crippen molar-refractivity contribution in [3.8, 4) is 11.5 Å². The lowest BCUT2D eigenvalue weighted by Gasteiger charge is -2.36. The van der Waals surface area contributed by atoms with Crippen LogP contribution < -0.4 is 9.47 Å². The zero-order valence-corrected chi connectivity index (χ0v) is 22.0. The molecule has 2 aliphatic rings. The molecule has 0 N–H and O–H groups in total. The number of halogens is 5. The molecule has 1 saturated heterocycles. The van der Waals surface area contributed by atoms with Crippen LogP contribution in [0.15, 0.2) is 36.4 Å². The summed E-state index contributed by atoms with van der Waals surface area (Å²) in [6, 6.07) is 9.29. The van der Waals surface area contributed by atoms with Gasteiger partial charge in [0.25, 0.3) is 0 Å². The van der Waals surface area contributed by atoms with Crippen LogP contribution in [0.4, 0.5) is 13.2 Å². The van der Waals surface area contributed by atoms with Gasteiger partial charge in [0.15, 0.2) is 11.5 Å². The Hall–Kier alpha value is -2.20. The van der Waals surface area contributed by atoms with Crippen molar-refractivity contribution in [1.29, 1.82) is 0 Å². The zero-order chi connectivity index (χ0) is 24.3. The summed E-state index contributed by atoms with van der Waals surface area (Å²) in [6.07, 6.45) is -3.53. The van der Waals surface area contributed by atoms with E-state index in [9.17, 15) is 18.0 Å². The van der Waals surface area contributed by atoms with E-state index in [0.29, 0.717) is 37.7 Å². The van der Waals surface area contributed by atoms with Crippen LogP contribution in [0.1, 0.15) is 22.3 Å². The molecular weight excluding hydrogens is 518 g/mol. The quantitative estimate of drug-likeness (QED) is 0.538. The standard InChI is InChI=1S/C25H30F3N3O3.2ClH/c1-33-22-13-19-7-8-31(16-20(19)14-23(22)34-2)24(32)17-30-11-9-29(10-12-30)15-18-3-5-21(6-4-18)25(26,27)28;;/h3-6,13-14H,7-12,15-17H2,1-2H3;2*1H. The summed E-state index contributed by atoms with van der Waals surface area (Å²) in [6.45, 7) is 5.26. The highest BCUT2D eigenvalue weighted by atomic mass is 35.5. The molecule has 4 rings (SSSR count). The average molecular weight is 550 g/mol. The van der Waals surface area contributed by atoms with E-state index < -0.39 is 11.7 Å². The van der Waals surface area contributed by atoms with Crippen LogP contribution in [0.3, 0.4) is 0 Å². The molecule has 0 saturated carbocycles. The largest absolute Gasteiger partial charge is 0.493 e. The lowest BCUT2D eigenvalue weighted by molar-refractivity contribution is -0.137. The van der Waals surface area contributed by atoms with Crippen molar-refractivity contribution in [1.82, 2.24) is 14.7 Å². The van der Waals surface area contributed by atoms with Crippen LogP contribution in [-0.4, -0.2) is 74.1 Å². The highest BCUT2D eigenvalue weighted by molar-refractivity contribution is 5.85. The first-order chi connectivity index (χ1) is 16.3. The lowest BCUT2D eigenvalue weighted by Crippen LogP contribution is -2.50. The van der Waals surface area contributed by atoms with Crippen molar-refractivity contribution in [3.05, 3.63) is 58.7 Å². The van der Waals surface area contributed by atoms with Gasteiger partial charge in [0.1, 0.15) is 0 Å². The predicted octanol–water partition coefficient (Wildman–Crippen LogP) is 4.27. The highest BCUT2D eigenvalue weighted by Crippen LogP contribution is 2.33. The van der Waals surface area contributed by atoms with Crippen LogP contribution in [0.5, 0.6) is 11.5 Å². The molecule has 200 valence electrons. The summed E-state index contributed by atoms with van der Waals surface area (Å²) in [4.78, 5) is 19.2. The number of hydrogen-bond acceptors (Lipinski definition) is 5. The minimum Gasteiger partial charge on any atom is -0.493 e. The fourth-order valence-corrected chi connectivity index (χ4v) is 4.55. The van der Waals surface area contributed by atoms with E-state index in [1.54, 1.807) is 14.2 Å². The molecule has 0 radical (unpaired) electrons. The Labute approximate surface area is 222 Å². The Bertz CT molecular complexity index is 1010. The number of amides is 1. The first kappa shape index (κ1) is 30.0. The number of hydrogen-bond donors (Lipinski definition) is 0. The third-order valence-electron chi connectivity index (χ3n) is 6.58. The Morgan fingerprint density at radius 1 is 0.861 bits per heavy atom. The van der Waals surface area contributed by atoms with Crippen LogP contribution in [0, 0.1) is 0 Å².